The molecule has 7 rings (SSSR count). The quantitative estimate of drug-likeness (QED) is 0.0300. The van der Waals surface area contributed by atoms with Gasteiger partial charge in [0.25, 0.3) is 0 Å². The average Bonchev–Trinajstić information content (AvgIpc) is 1.73. The van der Waals surface area contributed by atoms with E-state index in [1.165, 1.54) is 0 Å². The van der Waals surface area contributed by atoms with Crippen LogP contribution in [0.1, 0.15) is 86.0 Å². The first-order valence-corrected chi connectivity index (χ1v) is 29.9. The lowest BCUT2D eigenvalue weighted by atomic mass is 9.42. The van der Waals surface area contributed by atoms with E-state index in [1.807, 2.05) is 13.8 Å². The molecule has 17 N–H and O–H groups in total. The summed E-state index contributed by atoms with van der Waals surface area (Å²) < 4.78 is 60.2. The van der Waals surface area contributed by atoms with Crippen LogP contribution in [0.25, 0.3) is 0 Å². The standard InChI is InChI=1S/C57H98O28/c1-26-14-54(3)12-8-38-55(4,10-7-11-56(38,5)53(75)85-51-40(65)29(39(64)30(17-60)82-51)22-77-24-35-45(70)47(72)42(67)32(19-62)81-35)37(54)9-13-57(26,6)78-25-36(79-27(2)15-58)50(84-52-49(74)48(73)43(68)33(20-63)83-52)28(16-59)21-76-23-34-44(69)46(71)41(66)31(18-61)80-34/h27-52,58-74H,1,7-25H2,2-6H3/t27?,28-,29?,30?,31?,32?,33?,34-,35-,36?,37+,38-,39-,40-,41+,42+,43+,44+,45+,46?,47?,48+,49-,50-,51-,52?,54+,55-,56+,57+/m0/s1. The molecule has 0 aromatic rings. The third-order valence-electron chi connectivity index (χ3n) is 20.2. The Kier molecular flexibility index (Phi) is 24.6. The lowest BCUT2D eigenvalue weighted by molar-refractivity contribution is -0.328. The Bertz CT molecular complexity index is 2110. The lowest BCUT2D eigenvalue weighted by Crippen LogP contribution is -2.61. The minimum atomic E-state index is -1.90. The third kappa shape index (κ3) is 14.8. The van der Waals surface area contributed by atoms with Crippen molar-refractivity contribution in [3.8, 4) is 0 Å². The first-order chi connectivity index (χ1) is 40.1. The summed E-state index contributed by atoms with van der Waals surface area (Å²) in [4.78, 5) is 14.8. The molecule has 0 amide bonds. The van der Waals surface area contributed by atoms with Gasteiger partial charge < -0.3 is 134 Å². The molecule has 4 heterocycles. The highest BCUT2D eigenvalue weighted by Crippen LogP contribution is 2.68. The zero-order valence-electron chi connectivity index (χ0n) is 49.2. The molecule has 3 saturated carbocycles. The molecular weight excluding hydrogens is 1130 g/mol. The Hall–Kier alpha value is -1.83. The molecule has 3 aliphatic carbocycles. The molecule has 0 spiro atoms. The maximum atomic E-state index is 14.8. The number of rotatable bonds is 25. The van der Waals surface area contributed by atoms with Crippen LogP contribution in [0.4, 0.5) is 0 Å². The predicted octanol–water partition coefficient (Wildman–Crippen LogP) is -5.39. The van der Waals surface area contributed by atoms with E-state index in [-0.39, 0.29) is 23.9 Å². The fourth-order valence-electron chi connectivity index (χ4n) is 14.9. The number of fused-ring (bicyclic) bond motifs is 3. The normalized spacial score (nSPS) is 46.7. The van der Waals surface area contributed by atoms with Crippen molar-refractivity contribution in [2.45, 2.75) is 226 Å². The van der Waals surface area contributed by atoms with Crippen LogP contribution in [0.3, 0.4) is 0 Å². The van der Waals surface area contributed by atoms with E-state index in [4.69, 9.17) is 47.4 Å². The van der Waals surface area contributed by atoms with E-state index in [0.717, 1.165) is 12.0 Å². The summed E-state index contributed by atoms with van der Waals surface area (Å²) in [5.41, 5.74) is -2.27. The monoisotopic (exact) mass is 1230 g/mol. The molecule has 0 aromatic carbocycles. The molecule has 85 heavy (non-hydrogen) atoms. The van der Waals surface area contributed by atoms with Crippen LogP contribution in [0.15, 0.2) is 12.2 Å². The Morgan fingerprint density at radius 2 is 1.08 bits per heavy atom. The van der Waals surface area contributed by atoms with Crippen LogP contribution < -0.4 is 0 Å². The molecular formula is C57H98O28. The van der Waals surface area contributed by atoms with E-state index in [2.05, 4.69) is 20.4 Å². The first kappa shape index (κ1) is 70.6. The summed E-state index contributed by atoms with van der Waals surface area (Å²) >= 11 is 0. The van der Waals surface area contributed by atoms with Crippen molar-refractivity contribution in [1.82, 2.24) is 0 Å². The number of carbonyl (C=O) groups excluding carboxylic acids is 1. The van der Waals surface area contributed by atoms with Crippen LogP contribution in [0.5, 0.6) is 0 Å². The number of hydrogen-bond acceptors (Lipinski definition) is 28. The van der Waals surface area contributed by atoms with E-state index >= 15 is 0 Å². The van der Waals surface area contributed by atoms with E-state index in [1.54, 1.807) is 6.92 Å². The second-order valence-corrected chi connectivity index (χ2v) is 25.9. The highest BCUT2D eigenvalue weighted by Gasteiger charge is 2.64. The van der Waals surface area contributed by atoms with Gasteiger partial charge in [0.15, 0.2) is 6.29 Å². The number of carbonyl (C=O) groups is 1. The molecule has 30 atom stereocenters. The lowest BCUT2D eigenvalue weighted by Gasteiger charge is -2.62. The van der Waals surface area contributed by atoms with Crippen molar-refractivity contribution in [2.24, 2.45) is 39.9 Å². The zero-order valence-corrected chi connectivity index (χ0v) is 49.2. The molecule has 0 bridgehead atoms. The van der Waals surface area contributed by atoms with Gasteiger partial charge in [-0.3, -0.25) is 4.79 Å². The summed E-state index contributed by atoms with van der Waals surface area (Å²) in [7, 11) is 0. The predicted molar refractivity (Wildman–Crippen MR) is 289 cm³/mol. The third-order valence-corrected chi connectivity index (χ3v) is 20.2. The summed E-state index contributed by atoms with van der Waals surface area (Å²) in [6.45, 7) is 8.34. The minimum Gasteiger partial charge on any atom is -0.432 e. The smallest absolute Gasteiger partial charge is 0.314 e. The van der Waals surface area contributed by atoms with Gasteiger partial charge in [-0.25, -0.2) is 0 Å². The van der Waals surface area contributed by atoms with Crippen molar-refractivity contribution < 1.29 is 139 Å². The molecule has 7 aliphatic rings. The molecule has 0 radical (unpaired) electrons. The van der Waals surface area contributed by atoms with Gasteiger partial charge in [0.05, 0.1) is 102 Å². The SMILES string of the molecule is C=C1C[C@@]2(C)CC[C@H]3[C@@](C)(CCC[C@@]3(C)C(=O)O[C@@H]3OC(CO)[C@@H](O)C(COC[C@@H]4OC(CO)[C@@H](O)C(O)[C@@H]4O)[C@@H]3O)[C@@H]2CC[C@@]1(C)OCC(OC(C)CO)[C@@H](OC1OC(CO)[C@@H](O)[C@@H](O)[C@@H]1O)[C@@H](CO)COC[C@@H]1OC(CO)[C@@H](O)C(O)[C@@H]1O. The summed E-state index contributed by atoms with van der Waals surface area (Å²) in [6.07, 6.45) is -28.4. The van der Waals surface area contributed by atoms with E-state index in [0.29, 0.717) is 44.9 Å². The van der Waals surface area contributed by atoms with Crippen LogP contribution in [-0.2, 0) is 52.2 Å². The van der Waals surface area contributed by atoms with Crippen LogP contribution in [0.2, 0.25) is 0 Å². The topological polar surface area (TPSA) is 453 Å². The second-order valence-electron chi connectivity index (χ2n) is 25.9. The maximum Gasteiger partial charge on any atom is 0.314 e. The molecule has 4 aliphatic heterocycles. The van der Waals surface area contributed by atoms with Gasteiger partial charge in [0.2, 0.25) is 6.29 Å². The average molecular weight is 1230 g/mol. The van der Waals surface area contributed by atoms with E-state index < -0.39 is 235 Å². The summed E-state index contributed by atoms with van der Waals surface area (Å²) in [6, 6.07) is 0. The van der Waals surface area contributed by atoms with Crippen LogP contribution in [-0.4, -0.2) is 306 Å². The Balaban J connectivity index is 1.07. The van der Waals surface area contributed by atoms with Gasteiger partial charge in [0.1, 0.15) is 104 Å². The fraction of sp³-hybridized carbons (Fsp3) is 0.947. The molecule has 7 fully saturated rings. The molecule has 0 aromatic heterocycles. The second kappa shape index (κ2) is 29.6. The van der Waals surface area contributed by atoms with Gasteiger partial charge in [-0.2, -0.15) is 0 Å². The maximum absolute atomic E-state index is 14.8. The fourth-order valence-corrected chi connectivity index (χ4v) is 14.9. The number of aliphatic hydroxyl groups is 17. The van der Waals surface area contributed by atoms with Gasteiger partial charge in [-0.05, 0) is 94.0 Å². The number of ether oxygens (including phenoxy) is 10. The van der Waals surface area contributed by atoms with Crippen molar-refractivity contribution >= 4 is 5.97 Å². The first-order valence-electron chi connectivity index (χ1n) is 29.9. The molecule has 28 heteroatoms. The molecule has 28 nitrogen and oxygen atoms in total. The number of hydrogen-bond donors (Lipinski definition) is 17. The largest absolute Gasteiger partial charge is 0.432 e. The van der Waals surface area contributed by atoms with Gasteiger partial charge in [-0.15, -0.1) is 0 Å². The van der Waals surface area contributed by atoms with Crippen molar-refractivity contribution in [1.29, 1.82) is 0 Å². The number of aliphatic hydroxyl groups excluding tert-OH is 17. The van der Waals surface area contributed by atoms with Crippen molar-refractivity contribution in [2.75, 3.05) is 72.7 Å². The molecule has 494 valence electrons. The Morgan fingerprint density at radius 3 is 1.65 bits per heavy atom. The highest BCUT2D eigenvalue weighted by atomic mass is 16.7. The summed E-state index contributed by atoms with van der Waals surface area (Å²) in [5, 5.41) is 179. The van der Waals surface area contributed by atoms with Crippen LogP contribution >= 0.6 is 0 Å². The van der Waals surface area contributed by atoms with Gasteiger partial charge in [0, 0.05) is 11.8 Å². The van der Waals surface area contributed by atoms with Crippen molar-refractivity contribution in [3.05, 3.63) is 12.2 Å². The van der Waals surface area contributed by atoms with Gasteiger partial charge >= 0.3 is 5.97 Å². The number of esters is 1. The highest BCUT2D eigenvalue weighted by molar-refractivity contribution is 5.77. The van der Waals surface area contributed by atoms with Gasteiger partial charge in [-0.1, -0.05) is 26.8 Å². The van der Waals surface area contributed by atoms with Crippen LogP contribution in [0, 0.1) is 39.9 Å². The van der Waals surface area contributed by atoms with E-state index in [9.17, 15) is 91.6 Å². The zero-order chi connectivity index (χ0) is 62.7. The summed E-state index contributed by atoms with van der Waals surface area (Å²) in [5.74, 6) is -3.22. The Morgan fingerprint density at radius 1 is 0.565 bits per heavy atom. The minimum absolute atomic E-state index is 0.0210. The Labute approximate surface area is 494 Å². The van der Waals surface area contributed by atoms with Crippen molar-refractivity contribution in [3.63, 3.8) is 0 Å². The molecule has 10 unspecified atom stereocenters. The molecule has 4 saturated heterocycles.